The Morgan fingerprint density at radius 1 is 1.20 bits per heavy atom. The maximum absolute atomic E-state index is 12.0. The topological polar surface area (TPSA) is 79.0 Å². The molecule has 0 radical (unpaired) electrons. The van der Waals surface area contributed by atoms with E-state index in [9.17, 15) is 14.4 Å². The van der Waals surface area contributed by atoms with Crippen molar-refractivity contribution in [2.24, 2.45) is 0 Å². The number of anilines is 2. The molecule has 2 fully saturated rings. The molecule has 2 heterocycles. The SMILES string of the molecule is COC1CCCN(c2ccc(NC(=O)CN3C(=O)CCC3=O)cc2)C1. The Labute approximate surface area is 146 Å². The highest BCUT2D eigenvalue weighted by Gasteiger charge is 2.30. The molecule has 0 bridgehead atoms. The molecular formula is C18H23N3O4. The van der Waals surface area contributed by atoms with Gasteiger partial charge in [-0.2, -0.15) is 0 Å². The fourth-order valence-corrected chi connectivity index (χ4v) is 3.26. The van der Waals surface area contributed by atoms with Crippen molar-refractivity contribution in [3.63, 3.8) is 0 Å². The monoisotopic (exact) mass is 345 g/mol. The van der Waals surface area contributed by atoms with Gasteiger partial charge in [0, 0.05) is 44.4 Å². The highest BCUT2D eigenvalue weighted by atomic mass is 16.5. The molecule has 0 saturated carbocycles. The minimum Gasteiger partial charge on any atom is -0.380 e. The Kier molecular flexibility index (Phi) is 5.33. The second-order valence-corrected chi connectivity index (χ2v) is 6.41. The van der Waals surface area contributed by atoms with Crippen molar-refractivity contribution in [1.82, 2.24) is 4.90 Å². The van der Waals surface area contributed by atoms with Crippen LogP contribution in [0.1, 0.15) is 25.7 Å². The van der Waals surface area contributed by atoms with Crippen molar-refractivity contribution in [2.45, 2.75) is 31.8 Å². The fraction of sp³-hybridized carbons (Fsp3) is 0.500. The first-order valence-corrected chi connectivity index (χ1v) is 8.57. The van der Waals surface area contributed by atoms with Gasteiger partial charge in [0.2, 0.25) is 17.7 Å². The third kappa shape index (κ3) is 4.17. The van der Waals surface area contributed by atoms with Crippen LogP contribution in [0.4, 0.5) is 11.4 Å². The molecule has 0 spiro atoms. The van der Waals surface area contributed by atoms with Crippen molar-refractivity contribution in [3.05, 3.63) is 24.3 Å². The lowest BCUT2D eigenvalue weighted by molar-refractivity contribution is -0.141. The first-order chi connectivity index (χ1) is 12.1. The number of carbonyl (C=O) groups excluding carboxylic acids is 3. The van der Waals surface area contributed by atoms with Crippen LogP contribution in [0.3, 0.4) is 0 Å². The highest BCUT2D eigenvalue weighted by molar-refractivity contribution is 6.06. The van der Waals surface area contributed by atoms with Gasteiger partial charge in [-0.25, -0.2) is 0 Å². The molecule has 2 aliphatic rings. The van der Waals surface area contributed by atoms with E-state index in [2.05, 4.69) is 10.2 Å². The standard InChI is InChI=1S/C18H23N3O4/c1-25-15-3-2-10-20(11-15)14-6-4-13(5-7-14)19-16(22)12-21-17(23)8-9-18(21)24/h4-7,15H,2-3,8-12H2,1H3,(H,19,22). The molecule has 2 saturated heterocycles. The van der Waals surface area contributed by atoms with E-state index >= 15 is 0 Å². The molecule has 7 heteroatoms. The molecule has 25 heavy (non-hydrogen) atoms. The van der Waals surface area contributed by atoms with Crippen molar-refractivity contribution in [2.75, 3.05) is 37.0 Å². The lowest BCUT2D eigenvalue weighted by Crippen LogP contribution is -2.39. The van der Waals surface area contributed by atoms with E-state index in [1.165, 1.54) is 0 Å². The van der Waals surface area contributed by atoms with Crippen LogP contribution in [-0.2, 0) is 19.1 Å². The third-order valence-electron chi connectivity index (χ3n) is 4.68. The molecule has 1 unspecified atom stereocenters. The molecule has 1 aromatic carbocycles. The van der Waals surface area contributed by atoms with E-state index in [0.717, 1.165) is 36.5 Å². The Morgan fingerprint density at radius 3 is 2.52 bits per heavy atom. The number of imide groups is 1. The number of ether oxygens (including phenoxy) is 1. The van der Waals surface area contributed by atoms with Crippen molar-refractivity contribution < 1.29 is 19.1 Å². The van der Waals surface area contributed by atoms with Crippen LogP contribution >= 0.6 is 0 Å². The smallest absolute Gasteiger partial charge is 0.244 e. The molecule has 0 aromatic heterocycles. The van der Waals surface area contributed by atoms with Crippen LogP contribution in [0.15, 0.2) is 24.3 Å². The Morgan fingerprint density at radius 2 is 1.88 bits per heavy atom. The molecule has 0 aliphatic carbocycles. The zero-order valence-electron chi connectivity index (χ0n) is 14.4. The molecule has 134 valence electrons. The Bertz CT molecular complexity index is 643. The average Bonchev–Trinajstić information content (AvgIpc) is 2.94. The largest absolute Gasteiger partial charge is 0.380 e. The summed E-state index contributed by atoms with van der Waals surface area (Å²) in [5, 5.41) is 2.73. The number of amides is 3. The quantitative estimate of drug-likeness (QED) is 0.816. The summed E-state index contributed by atoms with van der Waals surface area (Å²) in [4.78, 5) is 38.4. The van der Waals surface area contributed by atoms with Gasteiger partial charge >= 0.3 is 0 Å². The van der Waals surface area contributed by atoms with Crippen LogP contribution in [0.2, 0.25) is 0 Å². The summed E-state index contributed by atoms with van der Waals surface area (Å²) in [7, 11) is 1.74. The molecule has 3 rings (SSSR count). The highest BCUT2D eigenvalue weighted by Crippen LogP contribution is 2.23. The second kappa shape index (κ2) is 7.65. The first-order valence-electron chi connectivity index (χ1n) is 8.57. The minimum absolute atomic E-state index is 0.194. The summed E-state index contributed by atoms with van der Waals surface area (Å²) in [6.07, 6.45) is 2.81. The fourth-order valence-electron chi connectivity index (χ4n) is 3.26. The molecule has 1 aromatic rings. The number of piperidine rings is 1. The summed E-state index contributed by atoms with van der Waals surface area (Å²) in [6.45, 7) is 1.63. The number of likely N-dealkylation sites (tertiary alicyclic amines) is 1. The lowest BCUT2D eigenvalue weighted by atomic mass is 10.1. The van der Waals surface area contributed by atoms with E-state index in [1.807, 2.05) is 24.3 Å². The maximum Gasteiger partial charge on any atom is 0.244 e. The van der Waals surface area contributed by atoms with Gasteiger partial charge in [-0.1, -0.05) is 0 Å². The van der Waals surface area contributed by atoms with Crippen molar-refractivity contribution >= 4 is 29.1 Å². The van der Waals surface area contributed by atoms with Gasteiger partial charge in [-0.3, -0.25) is 19.3 Å². The summed E-state index contributed by atoms with van der Waals surface area (Å²) in [6, 6.07) is 7.58. The van der Waals surface area contributed by atoms with E-state index in [0.29, 0.717) is 5.69 Å². The number of methoxy groups -OCH3 is 1. The van der Waals surface area contributed by atoms with E-state index in [-0.39, 0.29) is 43.2 Å². The maximum atomic E-state index is 12.0. The third-order valence-corrected chi connectivity index (χ3v) is 4.68. The van der Waals surface area contributed by atoms with Crippen molar-refractivity contribution in [3.8, 4) is 0 Å². The molecule has 3 amide bonds. The van der Waals surface area contributed by atoms with E-state index < -0.39 is 0 Å². The average molecular weight is 345 g/mol. The van der Waals surface area contributed by atoms with Gasteiger partial charge in [-0.15, -0.1) is 0 Å². The van der Waals surface area contributed by atoms with Gasteiger partial charge in [0.05, 0.1) is 6.10 Å². The number of rotatable bonds is 5. The number of benzene rings is 1. The van der Waals surface area contributed by atoms with Gasteiger partial charge in [-0.05, 0) is 37.1 Å². The van der Waals surface area contributed by atoms with Crippen LogP contribution in [0.25, 0.3) is 0 Å². The summed E-state index contributed by atoms with van der Waals surface area (Å²) >= 11 is 0. The molecular weight excluding hydrogens is 322 g/mol. The number of nitrogens with zero attached hydrogens (tertiary/aromatic N) is 2. The first kappa shape index (κ1) is 17.4. The summed E-state index contributed by atoms with van der Waals surface area (Å²) in [5.74, 6) is -0.935. The predicted molar refractivity (Wildman–Crippen MR) is 93.3 cm³/mol. The number of hydrogen-bond acceptors (Lipinski definition) is 5. The number of carbonyl (C=O) groups is 3. The minimum atomic E-state index is -0.367. The Balaban J connectivity index is 1.56. The van der Waals surface area contributed by atoms with Gasteiger partial charge in [0.1, 0.15) is 6.54 Å². The van der Waals surface area contributed by atoms with Crippen molar-refractivity contribution in [1.29, 1.82) is 0 Å². The Hall–Kier alpha value is -2.41. The van der Waals surface area contributed by atoms with E-state index in [4.69, 9.17) is 4.74 Å². The van der Waals surface area contributed by atoms with Gasteiger partial charge in [0.15, 0.2) is 0 Å². The summed E-state index contributed by atoms with van der Waals surface area (Å²) < 4.78 is 5.44. The van der Waals surface area contributed by atoms with Crippen LogP contribution in [-0.4, -0.2) is 55.5 Å². The zero-order valence-corrected chi connectivity index (χ0v) is 14.4. The van der Waals surface area contributed by atoms with Gasteiger partial charge < -0.3 is 15.0 Å². The normalized spacial score (nSPS) is 20.9. The zero-order chi connectivity index (χ0) is 17.8. The summed E-state index contributed by atoms with van der Waals surface area (Å²) in [5.41, 5.74) is 1.73. The van der Waals surface area contributed by atoms with Gasteiger partial charge in [0.25, 0.3) is 0 Å². The van der Waals surface area contributed by atoms with Crippen LogP contribution in [0, 0.1) is 0 Å². The van der Waals surface area contributed by atoms with Crippen LogP contribution < -0.4 is 10.2 Å². The molecule has 2 aliphatic heterocycles. The number of hydrogen-bond donors (Lipinski definition) is 1. The second-order valence-electron chi connectivity index (χ2n) is 6.41. The predicted octanol–water partition coefficient (Wildman–Crippen LogP) is 1.39. The van der Waals surface area contributed by atoms with E-state index in [1.54, 1.807) is 7.11 Å². The molecule has 1 N–H and O–H groups in total. The molecule has 7 nitrogen and oxygen atoms in total. The van der Waals surface area contributed by atoms with Crippen LogP contribution in [0.5, 0.6) is 0 Å². The number of nitrogens with one attached hydrogen (secondary N) is 1. The lowest BCUT2D eigenvalue weighted by Gasteiger charge is -2.33. The molecule has 1 atom stereocenters.